The van der Waals surface area contributed by atoms with Gasteiger partial charge in [-0.2, -0.15) is 0 Å². The molecule has 2 nitrogen and oxygen atoms in total. The van der Waals surface area contributed by atoms with Crippen LogP contribution >= 0.6 is 0 Å². The molecule has 2 rings (SSSR count). The average Bonchev–Trinajstić information content (AvgIpc) is 2.79. The average molecular weight is 238 g/mol. The summed E-state index contributed by atoms with van der Waals surface area (Å²) >= 11 is 0. The maximum absolute atomic E-state index is 3.46. The monoisotopic (exact) mass is 238 g/mol. The number of hydrogen-bond donors (Lipinski definition) is 1. The zero-order valence-corrected chi connectivity index (χ0v) is 11.6. The molecule has 1 N–H and O–H groups in total. The Morgan fingerprint density at radius 1 is 1.06 bits per heavy atom. The Hall–Kier alpha value is -0.0800. The number of rotatable bonds is 6. The van der Waals surface area contributed by atoms with Crippen molar-refractivity contribution < 1.29 is 0 Å². The highest BCUT2D eigenvalue weighted by molar-refractivity contribution is 4.76. The van der Waals surface area contributed by atoms with Crippen LogP contribution in [0.1, 0.15) is 51.9 Å². The van der Waals surface area contributed by atoms with Gasteiger partial charge in [-0.25, -0.2) is 0 Å². The molecule has 0 aromatic carbocycles. The smallest absolute Gasteiger partial charge is 0.00101 e. The predicted molar refractivity (Wildman–Crippen MR) is 74.3 cm³/mol. The van der Waals surface area contributed by atoms with Gasteiger partial charge in [0.2, 0.25) is 0 Å². The first kappa shape index (κ1) is 13.4. The second-order valence-corrected chi connectivity index (χ2v) is 6.08. The van der Waals surface area contributed by atoms with Crippen molar-refractivity contribution in [3.8, 4) is 0 Å². The normalized spacial score (nSPS) is 27.7. The first-order valence-electron chi connectivity index (χ1n) is 7.81. The van der Waals surface area contributed by atoms with Crippen LogP contribution < -0.4 is 5.32 Å². The van der Waals surface area contributed by atoms with E-state index in [1.54, 1.807) is 0 Å². The summed E-state index contributed by atoms with van der Waals surface area (Å²) in [5.41, 5.74) is 0. The van der Waals surface area contributed by atoms with Crippen molar-refractivity contribution in [3.05, 3.63) is 0 Å². The first-order valence-corrected chi connectivity index (χ1v) is 7.81. The van der Waals surface area contributed by atoms with Crippen LogP contribution in [-0.2, 0) is 0 Å². The van der Waals surface area contributed by atoms with Gasteiger partial charge in [0.15, 0.2) is 0 Å². The van der Waals surface area contributed by atoms with E-state index < -0.39 is 0 Å². The van der Waals surface area contributed by atoms with Gasteiger partial charge in [0.05, 0.1) is 0 Å². The molecule has 0 aromatic heterocycles. The Morgan fingerprint density at radius 3 is 2.65 bits per heavy atom. The minimum atomic E-state index is 1.01. The lowest BCUT2D eigenvalue weighted by atomic mass is 9.93. The quantitative estimate of drug-likeness (QED) is 0.765. The number of nitrogens with one attached hydrogen (secondary N) is 1. The molecular formula is C15H30N2. The Labute approximate surface area is 107 Å². The van der Waals surface area contributed by atoms with E-state index in [0.29, 0.717) is 0 Å². The maximum Gasteiger partial charge on any atom is 0.00101 e. The second kappa shape index (κ2) is 7.38. The number of nitrogens with zero attached hydrogens (tertiary/aromatic N) is 1. The first-order chi connectivity index (χ1) is 8.38. The van der Waals surface area contributed by atoms with E-state index >= 15 is 0 Å². The summed E-state index contributed by atoms with van der Waals surface area (Å²) in [5, 5.41) is 3.46. The molecule has 100 valence electrons. The molecule has 2 saturated heterocycles. The lowest BCUT2D eigenvalue weighted by molar-refractivity contribution is 0.283. The largest absolute Gasteiger partial charge is 0.317 e. The van der Waals surface area contributed by atoms with Crippen LogP contribution in [0.2, 0.25) is 0 Å². The summed E-state index contributed by atoms with van der Waals surface area (Å²) in [4.78, 5) is 2.71. The van der Waals surface area contributed by atoms with E-state index in [0.717, 1.165) is 11.8 Å². The molecule has 2 heterocycles. The Kier molecular flexibility index (Phi) is 5.79. The molecule has 2 fully saturated rings. The van der Waals surface area contributed by atoms with Crippen LogP contribution in [0, 0.1) is 11.8 Å². The van der Waals surface area contributed by atoms with Gasteiger partial charge in [-0.3, -0.25) is 0 Å². The fraction of sp³-hybridized carbons (Fsp3) is 1.00. The van der Waals surface area contributed by atoms with Crippen molar-refractivity contribution >= 4 is 0 Å². The van der Waals surface area contributed by atoms with Crippen molar-refractivity contribution in [2.45, 2.75) is 51.9 Å². The van der Waals surface area contributed by atoms with Crippen LogP contribution in [0.5, 0.6) is 0 Å². The third-order valence-electron chi connectivity index (χ3n) is 4.61. The van der Waals surface area contributed by atoms with Gasteiger partial charge in [-0.05, 0) is 76.5 Å². The molecule has 0 bridgehead atoms. The van der Waals surface area contributed by atoms with E-state index in [1.165, 1.54) is 77.7 Å². The molecule has 0 saturated carbocycles. The van der Waals surface area contributed by atoms with Gasteiger partial charge in [-0.15, -0.1) is 0 Å². The maximum atomic E-state index is 3.46. The van der Waals surface area contributed by atoms with Gasteiger partial charge in [0, 0.05) is 6.54 Å². The van der Waals surface area contributed by atoms with Gasteiger partial charge in [0.25, 0.3) is 0 Å². The van der Waals surface area contributed by atoms with Crippen molar-refractivity contribution in [1.82, 2.24) is 10.2 Å². The number of piperidine rings is 1. The van der Waals surface area contributed by atoms with Gasteiger partial charge >= 0.3 is 0 Å². The lowest BCUT2D eigenvalue weighted by Gasteiger charge is -2.23. The van der Waals surface area contributed by atoms with Gasteiger partial charge < -0.3 is 10.2 Å². The molecule has 17 heavy (non-hydrogen) atoms. The van der Waals surface area contributed by atoms with Crippen LogP contribution in [0.15, 0.2) is 0 Å². The molecule has 1 unspecified atom stereocenters. The topological polar surface area (TPSA) is 15.3 Å². The second-order valence-electron chi connectivity index (χ2n) is 6.08. The van der Waals surface area contributed by atoms with Crippen LogP contribution in [0.4, 0.5) is 0 Å². The summed E-state index contributed by atoms with van der Waals surface area (Å²) < 4.78 is 0. The van der Waals surface area contributed by atoms with Gasteiger partial charge in [-0.1, -0.05) is 13.3 Å². The zero-order chi connectivity index (χ0) is 11.9. The summed E-state index contributed by atoms with van der Waals surface area (Å²) in [6, 6.07) is 0. The summed E-state index contributed by atoms with van der Waals surface area (Å²) in [6.07, 6.45) is 10.0. The van der Waals surface area contributed by atoms with Crippen LogP contribution in [0.25, 0.3) is 0 Å². The third-order valence-corrected chi connectivity index (χ3v) is 4.61. The molecule has 2 aliphatic rings. The molecule has 2 aliphatic heterocycles. The van der Waals surface area contributed by atoms with E-state index in [2.05, 4.69) is 17.1 Å². The highest BCUT2D eigenvalue weighted by atomic mass is 15.1. The molecule has 0 spiro atoms. The third kappa shape index (κ3) is 4.59. The number of likely N-dealkylation sites (tertiary alicyclic amines) is 1. The molecule has 2 heteroatoms. The SMILES string of the molecule is CCCC1CCN(CCCC2CCNCC2)C1. The van der Waals surface area contributed by atoms with Crippen molar-refractivity contribution in [2.75, 3.05) is 32.7 Å². The fourth-order valence-corrected chi connectivity index (χ4v) is 3.53. The highest BCUT2D eigenvalue weighted by Gasteiger charge is 2.21. The van der Waals surface area contributed by atoms with Crippen molar-refractivity contribution in [1.29, 1.82) is 0 Å². The standard InChI is InChI=1S/C15H30N2/c1-2-4-15-8-12-17(13-15)11-3-5-14-6-9-16-10-7-14/h14-16H,2-13H2,1H3. The van der Waals surface area contributed by atoms with Crippen LogP contribution in [-0.4, -0.2) is 37.6 Å². The van der Waals surface area contributed by atoms with E-state index in [-0.39, 0.29) is 0 Å². The summed E-state index contributed by atoms with van der Waals surface area (Å²) in [5.74, 6) is 2.03. The minimum Gasteiger partial charge on any atom is -0.317 e. The Morgan fingerprint density at radius 2 is 1.88 bits per heavy atom. The predicted octanol–water partition coefficient (Wildman–Crippen LogP) is 2.89. The summed E-state index contributed by atoms with van der Waals surface area (Å²) in [7, 11) is 0. The molecular weight excluding hydrogens is 208 g/mol. The van der Waals surface area contributed by atoms with Crippen molar-refractivity contribution in [3.63, 3.8) is 0 Å². The van der Waals surface area contributed by atoms with E-state index in [4.69, 9.17) is 0 Å². The molecule has 0 amide bonds. The van der Waals surface area contributed by atoms with E-state index in [9.17, 15) is 0 Å². The lowest BCUT2D eigenvalue weighted by Crippen LogP contribution is -2.28. The molecule has 1 atom stereocenters. The summed E-state index contributed by atoms with van der Waals surface area (Å²) in [6.45, 7) is 8.96. The van der Waals surface area contributed by atoms with Gasteiger partial charge in [0.1, 0.15) is 0 Å². The number of hydrogen-bond acceptors (Lipinski definition) is 2. The molecule has 0 aromatic rings. The van der Waals surface area contributed by atoms with Crippen LogP contribution in [0.3, 0.4) is 0 Å². The molecule has 0 radical (unpaired) electrons. The Bertz CT molecular complexity index is 199. The highest BCUT2D eigenvalue weighted by Crippen LogP contribution is 2.22. The zero-order valence-electron chi connectivity index (χ0n) is 11.6. The minimum absolute atomic E-state index is 1.01. The van der Waals surface area contributed by atoms with E-state index in [1.807, 2.05) is 0 Å². The Balaban J connectivity index is 1.53. The van der Waals surface area contributed by atoms with Crippen molar-refractivity contribution in [2.24, 2.45) is 11.8 Å². The molecule has 0 aliphatic carbocycles. The fourth-order valence-electron chi connectivity index (χ4n) is 3.53.